The number of nitro groups is 1. The van der Waals surface area contributed by atoms with Gasteiger partial charge in [-0.2, -0.15) is 13.2 Å². The van der Waals surface area contributed by atoms with Gasteiger partial charge in [0.05, 0.1) is 17.4 Å². The number of non-ortho nitro benzene ring substituents is 1. The fraction of sp³-hybridized carbons (Fsp3) is 0.364. The maximum atomic E-state index is 12.6. The van der Waals surface area contributed by atoms with Crippen LogP contribution in [0.1, 0.15) is 12.0 Å². The number of hydrogen-bond donors (Lipinski definition) is 1. The van der Waals surface area contributed by atoms with Crippen molar-refractivity contribution < 1.29 is 32.7 Å². The lowest BCUT2D eigenvalue weighted by molar-refractivity contribution is -0.385. The van der Waals surface area contributed by atoms with Crippen molar-refractivity contribution in [2.24, 2.45) is 0 Å². The van der Waals surface area contributed by atoms with Crippen LogP contribution in [0.25, 0.3) is 0 Å². The number of hydrogen-bond acceptors (Lipinski definition) is 4. The van der Waals surface area contributed by atoms with Gasteiger partial charge in [0.1, 0.15) is 5.75 Å². The second-order valence-corrected chi connectivity index (χ2v) is 3.95. The van der Waals surface area contributed by atoms with Crippen molar-refractivity contribution in [3.05, 3.63) is 33.9 Å². The molecule has 0 fully saturated rings. The number of nitrogens with zero attached hydrogens (tertiary/aromatic N) is 1. The molecule has 1 aromatic carbocycles. The molecule has 0 amide bonds. The summed E-state index contributed by atoms with van der Waals surface area (Å²) in [5.41, 5.74) is -0.211. The first-order chi connectivity index (χ1) is 9.11. The van der Waals surface area contributed by atoms with E-state index in [9.17, 15) is 28.1 Å². The lowest BCUT2D eigenvalue weighted by Gasteiger charge is -2.21. The maximum absolute atomic E-state index is 12.6. The largest absolute Gasteiger partial charge is 0.481 e. The molecule has 9 heteroatoms. The van der Waals surface area contributed by atoms with E-state index in [4.69, 9.17) is 5.11 Å². The van der Waals surface area contributed by atoms with E-state index in [0.717, 1.165) is 12.1 Å². The Labute approximate surface area is 110 Å². The van der Waals surface area contributed by atoms with Gasteiger partial charge in [-0.1, -0.05) is 0 Å². The minimum absolute atomic E-state index is 0.232. The Hall–Kier alpha value is -2.32. The summed E-state index contributed by atoms with van der Waals surface area (Å²) in [5.74, 6) is -2.06. The standard InChI is InChI=1S/C11H10F3NO5/c1-6-2-3-7(15(18)19)4-8(6)20-9(5-10(16)17)11(12,13)14/h2-4,9H,5H2,1H3,(H,16,17). The highest BCUT2D eigenvalue weighted by atomic mass is 19.4. The zero-order valence-electron chi connectivity index (χ0n) is 10.2. The fourth-order valence-corrected chi connectivity index (χ4v) is 1.37. The quantitative estimate of drug-likeness (QED) is 0.666. The lowest BCUT2D eigenvalue weighted by Crippen LogP contribution is -2.36. The smallest absolute Gasteiger partial charge is 0.426 e. The number of carboxylic acid groups (broad SMARTS) is 1. The number of ether oxygens (including phenoxy) is 1. The van der Waals surface area contributed by atoms with Crippen LogP contribution < -0.4 is 4.74 Å². The number of carbonyl (C=O) groups is 1. The third-order valence-electron chi connectivity index (χ3n) is 2.38. The molecule has 0 saturated heterocycles. The van der Waals surface area contributed by atoms with E-state index in [1.807, 2.05) is 0 Å². The lowest BCUT2D eigenvalue weighted by atomic mass is 10.2. The molecule has 110 valence electrons. The molecule has 20 heavy (non-hydrogen) atoms. The molecule has 0 spiro atoms. The molecule has 0 saturated carbocycles. The molecule has 1 rings (SSSR count). The molecule has 0 heterocycles. The van der Waals surface area contributed by atoms with Crippen LogP contribution in [0.2, 0.25) is 0 Å². The van der Waals surface area contributed by atoms with E-state index in [0.29, 0.717) is 0 Å². The SMILES string of the molecule is Cc1ccc([N+](=O)[O-])cc1OC(CC(=O)O)C(F)(F)F. The number of carboxylic acids is 1. The summed E-state index contributed by atoms with van der Waals surface area (Å²) in [4.78, 5) is 20.2. The summed E-state index contributed by atoms with van der Waals surface area (Å²) in [6, 6.07) is 3.17. The van der Waals surface area contributed by atoms with Gasteiger partial charge in [-0.25, -0.2) is 0 Å². The molecule has 0 aliphatic rings. The van der Waals surface area contributed by atoms with Crippen LogP contribution in [0.4, 0.5) is 18.9 Å². The number of halogens is 3. The van der Waals surface area contributed by atoms with Crippen molar-refractivity contribution in [1.82, 2.24) is 0 Å². The number of aryl methyl sites for hydroxylation is 1. The molecule has 1 unspecified atom stereocenters. The van der Waals surface area contributed by atoms with Crippen LogP contribution in [0.15, 0.2) is 18.2 Å². The molecule has 0 aliphatic heterocycles. The number of rotatable bonds is 5. The van der Waals surface area contributed by atoms with E-state index in [1.54, 1.807) is 0 Å². The van der Waals surface area contributed by atoms with Crippen molar-refractivity contribution in [3.8, 4) is 5.75 Å². The fourth-order valence-electron chi connectivity index (χ4n) is 1.37. The molecule has 0 bridgehead atoms. The van der Waals surface area contributed by atoms with Gasteiger partial charge >= 0.3 is 12.1 Å². The normalized spacial score (nSPS) is 12.8. The summed E-state index contributed by atoms with van der Waals surface area (Å²) in [5, 5.41) is 19.0. The molecular formula is C11H10F3NO5. The second kappa shape index (κ2) is 5.76. The van der Waals surface area contributed by atoms with Gasteiger partial charge in [0.25, 0.3) is 5.69 Å². The van der Waals surface area contributed by atoms with Gasteiger partial charge in [0.15, 0.2) is 0 Å². The Morgan fingerprint density at radius 2 is 2.10 bits per heavy atom. The summed E-state index contributed by atoms with van der Waals surface area (Å²) in [6.07, 6.45) is -8.75. The molecule has 0 radical (unpaired) electrons. The molecule has 6 nitrogen and oxygen atoms in total. The van der Waals surface area contributed by atoms with Crippen molar-refractivity contribution >= 4 is 11.7 Å². The van der Waals surface area contributed by atoms with E-state index in [-0.39, 0.29) is 11.3 Å². The Morgan fingerprint density at radius 3 is 2.55 bits per heavy atom. The van der Waals surface area contributed by atoms with E-state index in [1.165, 1.54) is 13.0 Å². The summed E-state index contributed by atoms with van der Waals surface area (Å²) in [7, 11) is 0. The van der Waals surface area contributed by atoms with Crippen LogP contribution in [0, 0.1) is 17.0 Å². The van der Waals surface area contributed by atoms with Gasteiger partial charge < -0.3 is 9.84 Å². The Bertz CT molecular complexity index is 529. The first kappa shape index (κ1) is 15.7. The Kier molecular flexibility index (Phi) is 4.53. The van der Waals surface area contributed by atoms with Crippen molar-refractivity contribution in [2.75, 3.05) is 0 Å². The van der Waals surface area contributed by atoms with Crippen LogP contribution in [0.5, 0.6) is 5.75 Å². The first-order valence-corrected chi connectivity index (χ1v) is 5.31. The van der Waals surface area contributed by atoms with Gasteiger partial charge in [-0.05, 0) is 18.6 Å². The summed E-state index contributed by atoms with van der Waals surface area (Å²) >= 11 is 0. The topological polar surface area (TPSA) is 89.7 Å². The van der Waals surface area contributed by atoms with E-state index >= 15 is 0 Å². The highest BCUT2D eigenvalue weighted by molar-refractivity contribution is 5.67. The highest BCUT2D eigenvalue weighted by Crippen LogP contribution is 2.31. The van der Waals surface area contributed by atoms with Crippen molar-refractivity contribution in [2.45, 2.75) is 25.6 Å². The number of benzene rings is 1. The minimum Gasteiger partial charge on any atom is -0.481 e. The van der Waals surface area contributed by atoms with Crippen LogP contribution in [0.3, 0.4) is 0 Å². The number of nitro benzene ring substituents is 1. The van der Waals surface area contributed by atoms with Gasteiger partial charge in [0.2, 0.25) is 6.10 Å². The number of aliphatic carboxylic acids is 1. The van der Waals surface area contributed by atoms with Gasteiger partial charge in [-0.3, -0.25) is 14.9 Å². The van der Waals surface area contributed by atoms with Crippen LogP contribution in [-0.2, 0) is 4.79 Å². The second-order valence-electron chi connectivity index (χ2n) is 3.95. The van der Waals surface area contributed by atoms with E-state index in [2.05, 4.69) is 4.74 Å². The predicted molar refractivity (Wildman–Crippen MR) is 60.6 cm³/mol. The average Bonchev–Trinajstić information content (AvgIpc) is 2.28. The summed E-state index contributed by atoms with van der Waals surface area (Å²) in [6.45, 7) is 1.40. The number of alkyl halides is 3. The van der Waals surface area contributed by atoms with Gasteiger partial charge in [-0.15, -0.1) is 0 Å². The van der Waals surface area contributed by atoms with Crippen LogP contribution in [-0.4, -0.2) is 28.3 Å². The van der Waals surface area contributed by atoms with Gasteiger partial charge in [0, 0.05) is 6.07 Å². The third kappa shape index (κ3) is 4.11. The Balaban J connectivity index is 3.07. The molecule has 0 aromatic heterocycles. The maximum Gasteiger partial charge on any atom is 0.426 e. The monoisotopic (exact) mass is 293 g/mol. The van der Waals surface area contributed by atoms with E-state index < -0.39 is 35.3 Å². The van der Waals surface area contributed by atoms with Crippen molar-refractivity contribution in [3.63, 3.8) is 0 Å². The zero-order valence-corrected chi connectivity index (χ0v) is 10.2. The first-order valence-electron chi connectivity index (χ1n) is 5.31. The molecule has 0 aliphatic carbocycles. The third-order valence-corrected chi connectivity index (χ3v) is 2.38. The average molecular weight is 293 g/mol. The molecular weight excluding hydrogens is 283 g/mol. The highest BCUT2D eigenvalue weighted by Gasteiger charge is 2.43. The van der Waals surface area contributed by atoms with Crippen LogP contribution >= 0.6 is 0 Å². The van der Waals surface area contributed by atoms with Crippen molar-refractivity contribution in [1.29, 1.82) is 0 Å². The summed E-state index contributed by atoms with van der Waals surface area (Å²) < 4.78 is 42.5. The minimum atomic E-state index is -4.89. The molecule has 1 aromatic rings. The molecule has 1 atom stereocenters. The molecule has 1 N–H and O–H groups in total. The predicted octanol–water partition coefficient (Wildman–Crippen LogP) is 2.69. The zero-order chi connectivity index (χ0) is 15.5. The Morgan fingerprint density at radius 1 is 1.50 bits per heavy atom.